The molecule has 29 heavy (non-hydrogen) atoms. The number of rotatable bonds is 5. The number of anilines is 1. The molecule has 0 bridgehead atoms. The second kappa shape index (κ2) is 7.47. The van der Waals surface area contributed by atoms with Crippen LogP contribution in [-0.4, -0.2) is 21.1 Å². The maximum atomic E-state index is 12.9. The summed E-state index contributed by atoms with van der Waals surface area (Å²) in [5.41, 5.74) is 2.10. The molecule has 1 atom stereocenters. The Labute approximate surface area is 168 Å². The smallest absolute Gasteiger partial charge is 0.328 e. The second-order valence-corrected chi connectivity index (χ2v) is 7.09. The van der Waals surface area contributed by atoms with Crippen LogP contribution >= 0.6 is 0 Å². The first-order valence-corrected chi connectivity index (χ1v) is 9.60. The number of nitrogens with zero attached hydrogens (tertiary/aromatic N) is 2. The van der Waals surface area contributed by atoms with E-state index >= 15 is 0 Å². The van der Waals surface area contributed by atoms with Gasteiger partial charge in [-0.1, -0.05) is 43.3 Å². The number of benzene rings is 3. The van der Waals surface area contributed by atoms with Crippen molar-refractivity contribution >= 4 is 33.4 Å². The minimum atomic E-state index is -0.629. The van der Waals surface area contributed by atoms with Crippen LogP contribution in [0.4, 0.5) is 5.69 Å². The van der Waals surface area contributed by atoms with Gasteiger partial charge in [-0.2, -0.15) is 0 Å². The molecule has 0 fully saturated rings. The molecule has 3 aromatic carbocycles. The van der Waals surface area contributed by atoms with Crippen LogP contribution in [0.15, 0.2) is 65.5 Å². The topological polar surface area (TPSA) is 65.3 Å². The summed E-state index contributed by atoms with van der Waals surface area (Å²) in [4.78, 5) is 25.0. The number of imidazole rings is 1. The highest BCUT2D eigenvalue weighted by Crippen LogP contribution is 2.27. The van der Waals surface area contributed by atoms with Crippen molar-refractivity contribution in [3.8, 4) is 5.75 Å². The molecular formula is C23H23N3O3. The zero-order valence-electron chi connectivity index (χ0n) is 16.7. The van der Waals surface area contributed by atoms with Crippen molar-refractivity contribution in [3.63, 3.8) is 0 Å². The molecule has 4 rings (SSSR count). The summed E-state index contributed by atoms with van der Waals surface area (Å²) in [7, 11) is 3.45. The van der Waals surface area contributed by atoms with Crippen LogP contribution in [0.3, 0.4) is 0 Å². The van der Waals surface area contributed by atoms with Crippen molar-refractivity contribution in [2.45, 2.75) is 19.4 Å². The monoisotopic (exact) mass is 389 g/mol. The third-order valence-electron chi connectivity index (χ3n) is 5.22. The third kappa shape index (κ3) is 3.38. The first-order valence-electron chi connectivity index (χ1n) is 9.60. The first kappa shape index (κ1) is 18.8. The fourth-order valence-electron chi connectivity index (χ4n) is 3.58. The summed E-state index contributed by atoms with van der Waals surface area (Å²) >= 11 is 0. The molecule has 0 radical (unpaired) electrons. The molecule has 148 valence electrons. The Bertz CT molecular complexity index is 1260. The fourth-order valence-corrected chi connectivity index (χ4v) is 3.58. The lowest BCUT2D eigenvalue weighted by Gasteiger charge is -2.18. The molecule has 1 aromatic heterocycles. The highest BCUT2D eigenvalue weighted by molar-refractivity contribution is 5.96. The van der Waals surface area contributed by atoms with Gasteiger partial charge in [0.15, 0.2) is 6.10 Å². The minimum Gasteiger partial charge on any atom is -0.480 e. The Morgan fingerprint density at radius 1 is 1.00 bits per heavy atom. The molecule has 0 spiro atoms. The fraction of sp³-hybridized carbons (Fsp3) is 0.217. The molecule has 6 heteroatoms. The van der Waals surface area contributed by atoms with E-state index in [4.69, 9.17) is 4.74 Å². The Balaban J connectivity index is 1.58. The van der Waals surface area contributed by atoms with Crippen LogP contribution in [0, 0.1) is 0 Å². The van der Waals surface area contributed by atoms with Gasteiger partial charge in [-0.3, -0.25) is 13.9 Å². The Hall–Kier alpha value is -3.54. The molecule has 0 saturated heterocycles. The van der Waals surface area contributed by atoms with Gasteiger partial charge < -0.3 is 10.1 Å². The molecule has 1 heterocycles. The normalized spacial score (nSPS) is 12.2. The summed E-state index contributed by atoms with van der Waals surface area (Å²) in [6, 6.07) is 19.2. The predicted molar refractivity (Wildman–Crippen MR) is 115 cm³/mol. The standard InChI is InChI=1S/C23H23N3O3/c1-4-20(29-21-11-7-9-15-8-5-6-10-17(15)21)22(27)24-16-12-13-18-19(14-16)26(3)23(28)25(18)2/h5-14,20H,4H2,1-3H3,(H,24,27)/t20-/m1/s1. The van der Waals surface area contributed by atoms with Gasteiger partial charge in [-0.05, 0) is 36.1 Å². The summed E-state index contributed by atoms with van der Waals surface area (Å²) in [5, 5.41) is 4.96. The van der Waals surface area contributed by atoms with Crippen LogP contribution in [0.2, 0.25) is 0 Å². The van der Waals surface area contributed by atoms with Gasteiger partial charge in [-0.25, -0.2) is 4.79 Å². The highest BCUT2D eigenvalue weighted by Gasteiger charge is 2.20. The number of fused-ring (bicyclic) bond motifs is 2. The molecule has 6 nitrogen and oxygen atoms in total. The van der Waals surface area contributed by atoms with E-state index in [1.165, 1.54) is 0 Å². The van der Waals surface area contributed by atoms with Gasteiger partial charge in [0.25, 0.3) is 5.91 Å². The molecule has 0 saturated carbocycles. The average molecular weight is 389 g/mol. The number of aromatic nitrogens is 2. The van der Waals surface area contributed by atoms with E-state index in [0.717, 1.165) is 21.8 Å². The summed E-state index contributed by atoms with van der Waals surface area (Å²) in [5.74, 6) is 0.465. The minimum absolute atomic E-state index is 0.103. The van der Waals surface area contributed by atoms with E-state index < -0.39 is 6.10 Å². The van der Waals surface area contributed by atoms with Crippen molar-refractivity contribution in [3.05, 3.63) is 71.1 Å². The largest absolute Gasteiger partial charge is 0.480 e. The van der Waals surface area contributed by atoms with Gasteiger partial charge in [0.2, 0.25) is 0 Å². The quantitative estimate of drug-likeness (QED) is 0.564. The van der Waals surface area contributed by atoms with Crippen LogP contribution in [0.25, 0.3) is 21.8 Å². The number of nitrogens with one attached hydrogen (secondary N) is 1. The molecule has 0 aliphatic rings. The molecule has 4 aromatic rings. The Kier molecular flexibility index (Phi) is 4.84. The molecule has 0 unspecified atom stereocenters. The second-order valence-electron chi connectivity index (χ2n) is 7.09. The predicted octanol–water partition coefficient (Wildman–Crippen LogP) is 3.83. The van der Waals surface area contributed by atoms with E-state index in [9.17, 15) is 9.59 Å². The lowest BCUT2D eigenvalue weighted by Crippen LogP contribution is -2.32. The lowest BCUT2D eigenvalue weighted by molar-refractivity contribution is -0.122. The number of carbonyl (C=O) groups excluding carboxylic acids is 1. The van der Waals surface area contributed by atoms with Gasteiger partial charge in [0.05, 0.1) is 11.0 Å². The Morgan fingerprint density at radius 3 is 2.52 bits per heavy atom. The van der Waals surface area contributed by atoms with Crippen LogP contribution < -0.4 is 15.7 Å². The number of aryl methyl sites for hydroxylation is 2. The van der Waals surface area contributed by atoms with E-state index in [0.29, 0.717) is 17.9 Å². The van der Waals surface area contributed by atoms with Crippen LogP contribution in [-0.2, 0) is 18.9 Å². The van der Waals surface area contributed by atoms with Crippen molar-refractivity contribution in [2.24, 2.45) is 14.1 Å². The third-order valence-corrected chi connectivity index (χ3v) is 5.22. The van der Waals surface area contributed by atoms with Crippen LogP contribution in [0.5, 0.6) is 5.75 Å². The van der Waals surface area contributed by atoms with Crippen molar-refractivity contribution in [2.75, 3.05) is 5.32 Å². The Morgan fingerprint density at radius 2 is 1.72 bits per heavy atom. The van der Waals surface area contributed by atoms with Gasteiger partial charge in [0.1, 0.15) is 5.75 Å². The van der Waals surface area contributed by atoms with Crippen LogP contribution in [0.1, 0.15) is 13.3 Å². The highest BCUT2D eigenvalue weighted by atomic mass is 16.5. The number of hydrogen-bond donors (Lipinski definition) is 1. The van der Waals surface area contributed by atoms with E-state index in [-0.39, 0.29) is 11.6 Å². The van der Waals surface area contributed by atoms with Gasteiger partial charge in [0, 0.05) is 25.2 Å². The summed E-state index contributed by atoms with van der Waals surface area (Å²) in [6.07, 6.45) is -0.0997. The van der Waals surface area contributed by atoms with E-state index in [1.807, 2.05) is 55.5 Å². The van der Waals surface area contributed by atoms with Crippen molar-refractivity contribution in [1.29, 1.82) is 0 Å². The van der Waals surface area contributed by atoms with Crippen molar-refractivity contribution in [1.82, 2.24) is 9.13 Å². The lowest BCUT2D eigenvalue weighted by atomic mass is 10.1. The van der Waals surface area contributed by atoms with Gasteiger partial charge in [-0.15, -0.1) is 0 Å². The van der Waals surface area contributed by atoms with E-state index in [2.05, 4.69) is 5.32 Å². The maximum Gasteiger partial charge on any atom is 0.328 e. The molecular weight excluding hydrogens is 366 g/mol. The zero-order chi connectivity index (χ0) is 20.5. The summed E-state index contributed by atoms with van der Waals surface area (Å²) in [6.45, 7) is 1.92. The van der Waals surface area contributed by atoms with Crippen molar-refractivity contribution < 1.29 is 9.53 Å². The summed E-state index contributed by atoms with van der Waals surface area (Å²) < 4.78 is 9.22. The molecule has 1 N–H and O–H groups in total. The number of hydrogen-bond acceptors (Lipinski definition) is 3. The zero-order valence-corrected chi connectivity index (χ0v) is 16.7. The average Bonchev–Trinajstić information content (AvgIpc) is 2.95. The first-order chi connectivity index (χ1) is 14.0. The number of amides is 1. The molecule has 0 aliphatic heterocycles. The number of ether oxygens (including phenoxy) is 1. The molecule has 0 aliphatic carbocycles. The number of carbonyl (C=O) groups is 1. The SMILES string of the molecule is CC[C@@H](Oc1cccc2ccccc12)C(=O)Nc1ccc2c(c1)n(C)c(=O)n2C. The van der Waals surface area contributed by atoms with E-state index in [1.54, 1.807) is 35.4 Å². The molecule has 1 amide bonds. The van der Waals surface area contributed by atoms with Gasteiger partial charge >= 0.3 is 5.69 Å². The maximum absolute atomic E-state index is 12.9.